The molecule has 0 spiro atoms. The predicted octanol–water partition coefficient (Wildman–Crippen LogP) is 3.96. The number of benzene rings is 2. The number of halogens is 1. The highest BCUT2D eigenvalue weighted by molar-refractivity contribution is 6.30. The molecule has 0 aliphatic heterocycles. The molecule has 0 saturated carbocycles. The van der Waals surface area contributed by atoms with Crippen LogP contribution in [0.25, 0.3) is 16.9 Å². The first-order valence-electron chi connectivity index (χ1n) is 6.80. The monoisotopic (exact) mass is 297 g/mol. The maximum absolute atomic E-state index is 5.97. The van der Waals surface area contributed by atoms with E-state index in [1.807, 2.05) is 47.1 Å². The molecule has 1 heterocycles. The minimum Gasteiger partial charge on any atom is -0.325 e. The number of nitrogens with zero attached hydrogens (tertiary/aromatic N) is 2. The minimum atomic E-state index is 0.416. The maximum atomic E-state index is 5.97. The van der Waals surface area contributed by atoms with Gasteiger partial charge in [0.25, 0.3) is 0 Å². The van der Waals surface area contributed by atoms with E-state index in [0.29, 0.717) is 6.54 Å². The maximum Gasteiger partial charge on any atom is 0.0771 e. The van der Waals surface area contributed by atoms with E-state index in [2.05, 4.69) is 24.2 Å². The van der Waals surface area contributed by atoms with Crippen molar-refractivity contribution in [3.8, 4) is 16.9 Å². The van der Waals surface area contributed by atoms with Crippen molar-refractivity contribution in [2.45, 2.75) is 13.5 Å². The molecule has 3 aromatic rings. The van der Waals surface area contributed by atoms with Crippen LogP contribution >= 0.6 is 11.6 Å². The van der Waals surface area contributed by atoms with Gasteiger partial charge in [0.1, 0.15) is 0 Å². The Hall–Kier alpha value is -2.10. The molecule has 2 N–H and O–H groups in total. The fourth-order valence-electron chi connectivity index (χ4n) is 2.34. The highest BCUT2D eigenvalue weighted by Crippen LogP contribution is 2.26. The fourth-order valence-corrected chi connectivity index (χ4v) is 2.47. The summed E-state index contributed by atoms with van der Waals surface area (Å²) in [7, 11) is 0. The first kappa shape index (κ1) is 13.9. The van der Waals surface area contributed by atoms with Crippen LogP contribution in [0.3, 0.4) is 0 Å². The van der Waals surface area contributed by atoms with E-state index in [0.717, 1.165) is 27.7 Å². The fraction of sp³-hybridized carbons (Fsp3) is 0.118. The van der Waals surface area contributed by atoms with Gasteiger partial charge in [-0.25, -0.2) is 4.68 Å². The first-order valence-corrected chi connectivity index (χ1v) is 7.18. The zero-order chi connectivity index (χ0) is 14.8. The zero-order valence-electron chi connectivity index (χ0n) is 11.8. The van der Waals surface area contributed by atoms with E-state index in [-0.39, 0.29) is 0 Å². The van der Waals surface area contributed by atoms with Gasteiger partial charge >= 0.3 is 0 Å². The lowest BCUT2D eigenvalue weighted by Gasteiger charge is -2.10. The SMILES string of the molecule is Cc1ccccc1-n1nc(CN)cc1-c1ccc(Cl)cc1. The Morgan fingerprint density at radius 1 is 1.10 bits per heavy atom. The van der Waals surface area contributed by atoms with E-state index in [1.165, 1.54) is 5.56 Å². The highest BCUT2D eigenvalue weighted by Gasteiger charge is 2.12. The lowest BCUT2D eigenvalue weighted by molar-refractivity contribution is 0.833. The molecule has 1 aromatic heterocycles. The van der Waals surface area contributed by atoms with Gasteiger partial charge in [-0.05, 0) is 36.8 Å². The molecule has 0 aliphatic rings. The van der Waals surface area contributed by atoms with Crippen molar-refractivity contribution in [2.24, 2.45) is 5.73 Å². The third-order valence-corrected chi connectivity index (χ3v) is 3.70. The second kappa shape index (κ2) is 5.72. The van der Waals surface area contributed by atoms with Crippen LogP contribution in [0.2, 0.25) is 5.02 Å². The Labute approximate surface area is 129 Å². The Kier molecular flexibility index (Phi) is 3.78. The molecule has 0 radical (unpaired) electrons. The van der Waals surface area contributed by atoms with Crippen LogP contribution in [0.15, 0.2) is 54.6 Å². The third-order valence-electron chi connectivity index (χ3n) is 3.45. The molecule has 0 amide bonds. The molecule has 21 heavy (non-hydrogen) atoms. The number of hydrogen-bond acceptors (Lipinski definition) is 2. The molecule has 0 atom stereocenters. The Morgan fingerprint density at radius 2 is 1.81 bits per heavy atom. The summed E-state index contributed by atoms with van der Waals surface area (Å²) in [4.78, 5) is 0. The van der Waals surface area contributed by atoms with Crippen molar-refractivity contribution >= 4 is 11.6 Å². The van der Waals surface area contributed by atoms with Crippen LogP contribution in [0.4, 0.5) is 0 Å². The number of aromatic nitrogens is 2. The van der Waals surface area contributed by atoms with Crippen molar-refractivity contribution in [1.82, 2.24) is 9.78 Å². The molecule has 0 saturated heterocycles. The summed E-state index contributed by atoms with van der Waals surface area (Å²) in [5.41, 5.74) is 10.9. The lowest BCUT2D eigenvalue weighted by atomic mass is 10.1. The number of rotatable bonds is 3. The molecule has 0 bridgehead atoms. The van der Waals surface area contributed by atoms with E-state index in [1.54, 1.807) is 0 Å². The zero-order valence-corrected chi connectivity index (χ0v) is 12.5. The standard InChI is InChI=1S/C17H16ClN3/c1-12-4-2-3-5-16(12)21-17(10-15(11-19)20-21)13-6-8-14(18)9-7-13/h2-10H,11,19H2,1H3. The van der Waals surface area contributed by atoms with Crippen LogP contribution in [0.5, 0.6) is 0 Å². The molecule has 4 heteroatoms. The van der Waals surface area contributed by atoms with Crippen LogP contribution in [0.1, 0.15) is 11.3 Å². The van der Waals surface area contributed by atoms with Gasteiger partial charge in [0.05, 0.1) is 17.1 Å². The Morgan fingerprint density at radius 3 is 2.48 bits per heavy atom. The molecule has 0 unspecified atom stereocenters. The third kappa shape index (κ3) is 2.71. The molecule has 2 aromatic carbocycles. The largest absolute Gasteiger partial charge is 0.325 e. The van der Waals surface area contributed by atoms with E-state index >= 15 is 0 Å². The quantitative estimate of drug-likeness (QED) is 0.795. The average molecular weight is 298 g/mol. The molecule has 3 nitrogen and oxygen atoms in total. The normalized spacial score (nSPS) is 10.8. The van der Waals surface area contributed by atoms with Crippen LogP contribution in [-0.4, -0.2) is 9.78 Å². The van der Waals surface area contributed by atoms with Gasteiger partial charge < -0.3 is 5.73 Å². The number of aryl methyl sites for hydroxylation is 1. The summed E-state index contributed by atoms with van der Waals surface area (Å²) in [6.07, 6.45) is 0. The van der Waals surface area contributed by atoms with Crippen molar-refractivity contribution in [3.05, 3.63) is 70.9 Å². The van der Waals surface area contributed by atoms with Gasteiger partial charge in [0.15, 0.2) is 0 Å². The van der Waals surface area contributed by atoms with Gasteiger partial charge in [0.2, 0.25) is 0 Å². The predicted molar refractivity (Wildman–Crippen MR) is 86.6 cm³/mol. The second-order valence-corrected chi connectivity index (χ2v) is 5.37. The number of para-hydroxylation sites is 1. The van der Waals surface area contributed by atoms with Crippen LogP contribution in [0, 0.1) is 6.92 Å². The Bertz CT molecular complexity index is 760. The van der Waals surface area contributed by atoms with Crippen molar-refractivity contribution in [1.29, 1.82) is 0 Å². The molecule has 106 valence electrons. The van der Waals surface area contributed by atoms with Gasteiger partial charge in [0, 0.05) is 17.1 Å². The smallest absolute Gasteiger partial charge is 0.0771 e. The average Bonchev–Trinajstić information content (AvgIpc) is 2.92. The van der Waals surface area contributed by atoms with E-state index in [4.69, 9.17) is 17.3 Å². The van der Waals surface area contributed by atoms with Gasteiger partial charge in [-0.1, -0.05) is 41.9 Å². The number of hydrogen-bond donors (Lipinski definition) is 1. The molecular weight excluding hydrogens is 282 g/mol. The molecule has 3 rings (SSSR count). The van der Waals surface area contributed by atoms with Gasteiger partial charge in [-0.3, -0.25) is 0 Å². The summed E-state index contributed by atoms with van der Waals surface area (Å²) in [5.74, 6) is 0. The van der Waals surface area contributed by atoms with Crippen molar-refractivity contribution in [2.75, 3.05) is 0 Å². The summed E-state index contributed by atoms with van der Waals surface area (Å²) in [6, 6.07) is 17.9. The molecular formula is C17H16ClN3. The van der Waals surface area contributed by atoms with Gasteiger partial charge in [-0.15, -0.1) is 0 Å². The van der Waals surface area contributed by atoms with Crippen LogP contribution < -0.4 is 5.73 Å². The number of nitrogens with two attached hydrogens (primary N) is 1. The van der Waals surface area contributed by atoms with Crippen molar-refractivity contribution < 1.29 is 0 Å². The van der Waals surface area contributed by atoms with Gasteiger partial charge in [-0.2, -0.15) is 5.10 Å². The topological polar surface area (TPSA) is 43.8 Å². The lowest BCUT2D eigenvalue weighted by Crippen LogP contribution is -2.03. The van der Waals surface area contributed by atoms with E-state index < -0.39 is 0 Å². The summed E-state index contributed by atoms with van der Waals surface area (Å²) < 4.78 is 1.95. The highest BCUT2D eigenvalue weighted by atomic mass is 35.5. The Balaban J connectivity index is 2.19. The summed E-state index contributed by atoms with van der Waals surface area (Å²) >= 11 is 5.97. The summed E-state index contributed by atoms with van der Waals surface area (Å²) in [6.45, 7) is 2.49. The van der Waals surface area contributed by atoms with Crippen LogP contribution in [-0.2, 0) is 6.54 Å². The second-order valence-electron chi connectivity index (χ2n) is 4.93. The molecule has 0 aliphatic carbocycles. The molecule has 0 fully saturated rings. The van der Waals surface area contributed by atoms with Crippen molar-refractivity contribution in [3.63, 3.8) is 0 Å². The van der Waals surface area contributed by atoms with E-state index in [9.17, 15) is 0 Å². The first-order chi connectivity index (χ1) is 10.2. The minimum absolute atomic E-state index is 0.416. The summed E-state index contributed by atoms with van der Waals surface area (Å²) in [5, 5.41) is 5.34.